The summed E-state index contributed by atoms with van der Waals surface area (Å²) in [6, 6.07) is 0. The monoisotopic (exact) mass is 242 g/mol. The van der Waals surface area contributed by atoms with Gasteiger partial charge in [-0.2, -0.15) is 0 Å². The number of rotatable bonds is 3. The van der Waals surface area contributed by atoms with E-state index in [2.05, 4.69) is 0 Å². The molecular formula is C9H7F5S. The van der Waals surface area contributed by atoms with Crippen molar-refractivity contribution in [3.8, 4) is 0 Å². The summed E-state index contributed by atoms with van der Waals surface area (Å²) in [7, 11) is 0. The third kappa shape index (κ3) is 2.25. The summed E-state index contributed by atoms with van der Waals surface area (Å²) in [5.41, 5.74) is 0. The van der Waals surface area contributed by atoms with Gasteiger partial charge >= 0.3 is 0 Å². The van der Waals surface area contributed by atoms with E-state index in [4.69, 9.17) is 0 Å². The van der Waals surface area contributed by atoms with Gasteiger partial charge in [-0.15, -0.1) is 11.8 Å². The highest BCUT2D eigenvalue weighted by atomic mass is 32.2. The fourth-order valence-corrected chi connectivity index (χ4v) is 1.76. The van der Waals surface area contributed by atoms with Crippen molar-refractivity contribution in [3.63, 3.8) is 0 Å². The third-order valence-corrected chi connectivity index (χ3v) is 2.88. The molecule has 1 aromatic carbocycles. The highest BCUT2D eigenvalue weighted by molar-refractivity contribution is 7.99. The molecule has 84 valence electrons. The molecule has 0 unspecified atom stereocenters. The predicted molar refractivity (Wildman–Crippen MR) is 47.2 cm³/mol. The smallest absolute Gasteiger partial charge is 0.200 e. The van der Waals surface area contributed by atoms with E-state index >= 15 is 0 Å². The molecule has 0 nitrogen and oxygen atoms in total. The standard InChI is InChI=1S/C9H7F5S/c1-2-3-15-9-7(13)5(11)4(10)6(12)8(9)14/h2-3H2,1H3. The molecular weight excluding hydrogens is 235 g/mol. The highest BCUT2D eigenvalue weighted by Gasteiger charge is 2.25. The number of halogens is 5. The van der Waals surface area contributed by atoms with Crippen LogP contribution >= 0.6 is 11.8 Å². The van der Waals surface area contributed by atoms with E-state index in [1.807, 2.05) is 0 Å². The van der Waals surface area contributed by atoms with Gasteiger partial charge in [-0.25, -0.2) is 22.0 Å². The first-order valence-corrected chi connectivity index (χ1v) is 5.13. The maximum Gasteiger partial charge on any atom is 0.200 e. The van der Waals surface area contributed by atoms with Gasteiger partial charge in [0.05, 0.1) is 4.90 Å². The summed E-state index contributed by atoms with van der Waals surface area (Å²) < 4.78 is 63.9. The normalized spacial score (nSPS) is 10.8. The van der Waals surface area contributed by atoms with Crippen molar-refractivity contribution < 1.29 is 22.0 Å². The van der Waals surface area contributed by atoms with Crippen molar-refractivity contribution in [1.82, 2.24) is 0 Å². The van der Waals surface area contributed by atoms with Crippen LogP contribution in [-0.2, 0) is 0 Å². The zero-order chi connectivity index (χ0) is 11.6. The second kappa shape index (κ2) is 4.83. The molecule has 0 saturated carbocycles. The molecule has 0 spiro atoms. The van der Waals surface area contributed by atoms with Gasteiger partial charge in [-0.05, 0) is 12.2 Å². The van der Waals surface area contributed by atoms with Crippen molar-refractivity contribution in [3.05, 3.63) is 29.1 Å². The van der Waals surface area contributed by atoms with Crippen LogP contribution in [0.4, 0.5) is 22.0 Å². The maximum atomic E-state index is 13.0. The van der Waals surface area contributed by atoms with Crippen LogP contribution in [0.1, 0.15) is 13.3 Å². The Morgan fingerprint density at radius 2 is 1.20 bits per heavy atom. The second-order valence-corrected chi connectivity index (χ2v) is 3.85. The van der Waals surface area contributed by atoms with Gasteiger partial charge in [-0.1, -0.05) is 6.92 Å². The van der Waals surface area contributed by atoms with Gasteiger partial charge in [0.25, 0.3) is 0 Å². The van der Waals surface area contributed by atoms with Crippen molar-refractivity contribution in [2.24, 2.45) is 0 Å². The van der Waals surface area contributed by atoms with Gasteiger partial charge in [0, 0.05) is 0 Å². The summed E-state index contributed by atoms with van der Waals surface area (Å²) in [5.74, 6) is -9.14. The van der Waals surface area contributed by atoms with Gasteiger partial charge in [0.15, 0.2) is 23.3 Å². The van der Waals surface area contributed by atoms with Crippen molar-refractivity contribution >= 4 is 11.8 Å². The molecule has 15 heavy (non-hydrogen) atoms. The summed E-state index contributed by atoms with van der Waals surface area (Å²) in [6.45, 7) is 1.74. The van der Waals surface area contributed by atoms with Crippen LogP contribution < -0.4 is 0 Å². The van der Waals surface area contributed by atoms with Crippen LogP contribution in [0.25, 0.3) is 0 Å². The van der Waals surface area contributed by atoms with Crippen LogP contribution in [0, 0.1) is 29.1 Å². The van der Waals surface area contributed by atoms with Crippen LogP contribution in [0.3, 0.4) is 0 Å². The molecule has 1 aromatic rings. The maximum absolute atomic E-state index is 13.0. The molecule has 0 amide bonds. The molecule has 0 atom stereocenters. The zero-order valence-electron chi connectivity index (χ0n) is 7.71. The zero-order valence-corrected chi connectivity index (χ0v) is 8.53. The fourth-order valence-electron chi connectivity index (χ4n) is 0.916. The third-order valence-electron chi connectivity index (χ3n) is 1.62. The first-order valence-electron chi connectivity index (χ1n) is 4.14. The van der Waals surface area contributed by atoms with E-state index in [1.54, 1.807) is 6.92 Å². The lowest BCUT2D eigenvalue weighted by atomic mass is 10.3. The molecule has 0 aliphatic heterocycles. The Balaban J connectivity index is 3.26. The Labute approximate surface area is 87.5 Å². The van der Waals surface area contributed by atoms with E-state index in [1.165, 1.54) is 0 Å². The molecule has 0 bridgehead atoms. The molecule has 6 heteroatoms. The minimum absolute atomic E-state index is 0.290. The highest BCUT2D eigenvalue weighted by Crippen LogP contribution is 2.30. The molecule has 1 rings (SSSR count). The fraction of sp³-hybridized carbons (Fsp3) is 0.333. The van der Waals surface area contributed by atoms with Crippen molar-refractivity contribution in [2.75, 3.05) is 5.75 Å². The van der Waals surface area contributed by atoms with Crippen LogP contribution in [0.15, 0.2) is 4.90 Å². The molecule has 0 aromatic heterocycles. The van der Waals surface area contributed by atoms with Crippen molar-refractivity contribution in [1.29, 1.82) is 0 Å². The van der Waals surface area contributed by atoms with Gasteiger partial charge in [-0.3, -0.25) is 0 Å². The summed E-state index contributed by atoms with van der Waals surface area (Å²) in [4.78, 5) is -0.812. The van der Waals surface area contributed by atoms with Crippen molar-refractivity contribution in [2.45, 2.75) is 18.2 Å². The van der Waals surface area contributed by atoms with Crippen LogP contribution in [0.2, 0.25) is 0 Å². The Morgan fingerprint density at radius 1 is 0.800 bits per heavy atom. The summed E-state index contributed by atoms with van der Waals surface area (Å²) >= 11 is 0.614. The molecule has 0 N–H and O–H groups in total. The number of hydrogen-bond acceptors (Lipinski definition) is 1. The molecule has 0 heterocycles. The number of benzene rings is 1. The van der Waals surface area contributed by atoms with E-state index in [0.717, 1.165) is 0 Å². The Morgan fingerprint density at radius 3 is 1.60 bits per heavy atom. The van der Waals surface area contributed by atoms with Gasteiger partial charge < -0.3 is 0 Å². The predicted octanol–water partition coefficient (Wildman–Crippen LogP) is 3.88. The quantitative estimate of drug-likeness (QED) is 0.335. The lowest BCUT2D eigenvalue weighted by Gasteiger charge is -2.06. The second-order valence-electron chi connectivity index (χ2n) is 2.75. The SMILES string of the molecule is CCCSc1c(F)c(F)c(F)c(F)c1F. The topological polar surface area (TPSA) is 0 Å². The minimum atomic E-state index is -2.12. The Hall–Kier alpha value is -0.780. The Bertz CT molecular complexity index is 348. The minimum Gasteiger partial charge on any atom is -0.202 e. The average molecular weight is 242 g/mol. The van der Waals surface area contributed by atoms with Crippen LogP contribution in [0.5, 0.6) is 0 Å². The molecule has 0 fully saturated rings. The molecule has 0 aliphatic carbocycles. The van der Waals surface area contributed by atoms with Gasteiger partial charge in [0.1, 0.15) is 0 Å². The average Bonchev–Trinajstić information content (AvgIpc) is 2.24. The van der Waals surface area contributed by atoms with E-state index in [0.29, 0.717) is 23.9 Å². The first-order chi connectivity index (χ1) is 7.00. The molecule has 0 aliphatic rings. The van der Waals surface area contributed by atoms with Crippen LogP contribution in [-0.4, -0.2) is 5.75 Å². The largest absolute Gasteiger partial charge is 0.202 e. The first kappa shape index (κ1) is 12.3. The molecule has 0 radical (unpaired) electrons. The number of thioether (sulfide) groups is 1. The van der Waals surface area contributed by atoms with E-state index in [9.17, 15) is 22.0 Å². The van der Waals surface area contributed by atoms with Gasteiger partial charge in [0.2, 0.25) is 5.82 Å². The summed E-state index contributed by atoms with van der Waals surface area (Å²) in [6.07, 6.45) is 0.574. The lowest BCUT2D eigenvalue weighted by Crippen LogP contribution is -2.03. The Kier molecular flexibility index (Phi) is 3.96. The molecule has 0 saturated heterocycles. The lowest BCUT2D eigenvalue weighted by molar-refractivity contribution is 0.361. The summed E-state index contributed by atoms with van der Waals surface area (Å²) in [5, 5.41) is 0. The van der Waals surface area contributed by atoms with E-state index in [-0.39, 0.29) is 0 Å². The van der Waals surface area contributed by atoms with E-state index < -0.39 is 34.0 Å². The number of hydrogen-bond donors (Lipinski definition) is 0.